The molecule has 2 aromatic heterocycles. The minimum absolute atomic E-state index is 0.0911. The van der Waals surface area contributed by atoms with Crippen LogP contribution >= 0.6 is 0 Å². The molecule has 9 heteroatoms. The van der Waals surface area contributed by atoms with Crippen molar-refractivity contribution in [3.63, 3.8) is 0 Å². The first kappa shape index (κ1) is 15.7. The van der Waals surface area contributed by atoms with Crippen molar-refractivity contribution in [3.05, 3.63) is 36.0 Å². The molecule has 3 aromatic rings. The van der Waals surface area contributed by atoms with Crippen LogP contribution in [0.25, 0.3) is 11.0 Å². The van der Waals surface area contributed by atoms with E-state index in [-0.39, 0.29) is 18.6 Å². The van der Waals surface area contributed by atoms with E-state index < -0.39 is 6.04 Å². The summed E-state index contributed by atoms with van der Waals surface area (Å²) in [7, 11) is 0. The van der Waals surface area contributed by atoms with Crippen LogP contribution in [-0.2, 0) is 16.1 Å². The lowest BCUT2D eigenvalue weighted by Crippen LogP contribution is -2.48. The predicted molar refractivity (Wildman–Crippen MR) is 86.4 cm³/mol. The molecule has 0 spiro atoms. The van der Waals surface area contributed by atoms with E-state index in [1.807, 2.05) is 31.2 Å². The van der Waals surface area contributed by atoms with Gasteiger partial charge in [0.15, 0.2) is 5.82 Å². The highest BCUT2D eigenvalue weighted by atomic mass is 16.5. The van der Waals surface area contributed by atoms with Crippen LogP contribution in [0.3, 0.4) is 0 Å². The van der Waals surface area contributed by atoms with E-state index >= 15 is 0 Å². The minimum atomic E-state index is -0.405. The topological polar surface area (TPSA) is 99.2 Å². The summed E-state index contributed by atoms with van der Waals surface area (Å²) in [6.07, 6.45) is -0.231. The Balaban J connectivity index is 1.61. The molecule has 0 radical (unpaired) electrons. The maximum atomic E-state index is 12.9. The number of rotatable bonds is 3. The summed E-state index contributed by atoms with van der Waals surface area (Å²) in [5.74, 6) is 0.829. The zero-order valence-corrected chi connectivity index (χ0v) is 14.0. The molecule has 1 fully saturated rings. The van der Waals surface area contributed by atoms with E-state index in [0.717, 1.165) is 11.0 Å². The van der Waals surface area contributed by atoms with Crippen molar-refractivity contribution < 1.29 is 14.1 Å². The fourth-order valence-corrected chi connectivity index (χ4v) is 3.12. The summed E-state index contributed by atoms with van der Waals surface area (Å²) < 4.78 is 12.6. The third-order valence-electron chi connectivity index (χ3n) is 4.32. The molecule has 0 bridgehead atoms. The molecule has 1 saturated heterocycles. The number of ether oxygens (including phenoxy) is 1. The number of amides is 1. The van der Waals surface area contributed by atoms with Gasteiger partial charge in [0.25, 0.3) is 5.89 Å². The van der Waals surface area contributed by atoms with Gasteiger partial charge in [-0.3, -0.25) is 4.79 Å². The Morgan fingerprint density at radius 3 is 3.00 bits per heavy atom. The molecule has 1 amide bonds. The summed E-state index contributed by atoms with van der Waals surface area (Å²) in [5.41, 5.74) is 1.58. The highest BCUT2D eigenvalue weighted by molar-refractivity contribution is 5.80. The zero-order chi connectivity index (χ0) is 17.4. The predicted octanol–water partition coefficient (Wildman–Crippen LogP) is 1.11. The van der Waals surface area contributed by atoms with Crippen molar-refractivity contribution in [3.8, 4) is 0 Å². The molecule has 0 aliphatic carbocycles. The molecule has 0 unspecified atom stereocenters. The third kappa shape index (κ3) is 2.86. The van der Waals surface area contributed by atoms with Crippen molar-refractivity contribution in [2.75, 3.05) is 13.2 Å². The van der Waals surface area contributed by atoms with Gasteiger partial charge in [0, 0.05) is 6.54 Å². The first-order valence-electron chi connectivity index (χ1n) is 8.13. The summed E-state index contributed by atoms with van der Waals surface area (Å²) in [5, 5.41) is 12.0. The summed E-state index contributed by atoms with van der Waals surface area (Å²) in [6, 6.07) is 7.14. The van der Waals surface area contributed by atoms with Crippen molar-refractivity contribution >= 4 is 16.9 Å². The first-order valence-corrected chi connectivity index (χ1v) is 8.13. The Bertz CT molecular complexity index is 904. The molecule has 1 aliphatic heterocycles. The average molecular weight is 342 g/mol. The minimum Gasteiger partial charge on any atom is -0.374 e. The number of carbonyl (C=O) groups excluding carboxylic acids is 1. The van der Waals surface area contributed by atoms with Crippen LogP contribution in [-0.4, -0.2) is 55.2 Å². The van der Waals surface area contributed by atoms with Gasteiger partial charge in [-0.05, 0) is 26.0 Å². The summed E-state index contributed by atoms with van der Waals surface area (Å²) in [4.78, 5) is 18.9. The first-order chi connectivity index (χ1) is 12.1. The second-order valence-electron chi connectivity index (χ2n) is 6.02. The van der Waals surface area contributed by atoms with Gasteiger partial charge >= 0.3 is 0 Å². The van der Waals surface area contributed by atoms with Gasteiger partial charge in [-0.1, -0.05) is 22.5 Å². The van der Waals surface area contributed by atoms with Crippen LogP contribution in [0.1, 0.15) is 24.7 Å². The molecule has 25 heavy (non-hydrogen) atoms. The Labute approximate surface area is 143 Å². The Hall–Kier alpha value is -2.81. The van der Waals surface area contributed by atoms with Crippen molar-refractivity contribution in [1.82, 2.24) is 30.0 Å². The van der Waals surface area contributed by atoms with Gasteiger partial charge in [0.1, 0.15) is 18.1 Å². The highest BCUT2D eigenvalue weighted by Crippen LogP contribution is 2.28. The van der Waals surface area contributed by atoms with E-state index in [1.54, 1.807) is 16.5 Å². The molecule has 3 heterocycles. The SMILES string of the molecule is Cc1noc([C@@H]2[C@@H](C)OCCN2C(=O)Cn2nnc3ccccc32)n1. The Morgan fingerprint density at radius 1 is 1.36 bits per heavy atom. The maximum absolute atomic E-state index is 12.9. The fraction of sp³-hybridized carbons (Fsp3) is 0.438. The lowest BCUT2D eigenvalue weighted by Gasteiger charge is -2.37. The van der Waals surface area contributed by atoms with Crippen molar-refractivity contribution in [2.45, 2.75) is 32.5 Å². The number of nitrogens with zero attached hydrogens (tertiary/aromatic N) is 6. The Kier molecular flexibility index (Phi) is 3.92. The lowest BCUT2D eigenvalue weighted by molar-refractivity contribution is -0.148. The zero-order valence-electron chi connectivity index (χ0n) is 14.0. The van der Waals surface area contributed by atoms with Gasteiger partial charge < -0.3 is 14.2 Å². The number of benzene rings is 1. The van der Waals surface area contributed by atoms with Crippen LogP contribution in [0.2, 0.25) is 0 Å². The number of aromatic nitrogens is 5. The largest absolute Gasteiger partial charge is 0.374 e. The Morgan fingerprint density at radius 2 is 2.20 bits per heavy atom. The molecule has 130 valence electrons. The second kappa shape index (κ2) is 6.25. The van der Waals surface area contributed by atoms with Gasteiger partial charge in [0.2, 0.25) is 5.91 Å². The van der Waals surface area contributed by atoms with Crippen LogP contribution < -0.4 is 0 Å². The molecule has 1 aliphatic rings. The molecule has 4 rings (SSSR count). The molecule has 0 N–H and O–H groups in total. The standard InChI is InChI=1S/C16H18N6O3/c1-10-15(16-17-11(2)19-25-16)21(7-8-24-10)14(23)9-22-13-6-4-3-5-12(13)18-20-22/h3-6,10,15H,7-9H2,1-2H3/t10-,15+/m1/s1. The normalized spacial score (nSPS) is 21.0. The number of hydrogen-bond acceptors (Lipinski definition) is 7. The van der Waals surface area contributed by atoms with Gasteiger partial charge in [-0.15, -0.1) is 5.10 Å². The molecule has 0 saturated carbocycles. The number of aryl methyl sites for hydroxylation is 1. The van der Waals surface area contributed by atoms with E-state index in [2.05, 4.69) is 20.5 Å². The van der Waals surface area contributed by atoms with Crippen molar-refractivity contribution in [1.29, 1.82) is 0 Å². The molecule has 1 aromatic carbocycles. The number of carbonyl (C=O) groups is 1. The highest BCUT2D eigenvalue weighted by Gasteiger charge is 2.37. The summed E-state index contributed by atoms with van der Waals surface area (Å²) >= 11 is 0. The number of para-hydroxylation sites is 1. The fourth-order valence-electron chi connectivity index (χ4n) is 3.12. The number of fused-ring (bicyclic) bond motifs is 1. The van der Waals surface area contributed by atoms with E-state index in [4.69, 9.17) is 9.26 Å². The smallest absolute Gasteiger partial charge is 0.252 e. The van der Waals surface area contributed by atoms with E-state index in [1.165, 1.54) is 0 Å². The van der Waals surface area contributed by atoms with Gasteiger partial charge in [-0.25, -0.2) is 4.68 Å². The molecule has 2 atom stereocenters. The van der Waals surface area contributed by atoms with Gasteiger partial charge in [0.05, 0.1) is 18.2 Å². The van der Waals surface area contributed by atoms with Crippen LogP contribution in [0.15, 0.2) is 28.8 Å². The quantitative estimate of drug-likeness (QED) is 0.703. The van der Waals surface area contributed by atoms with E-state index in [9.17, 15) is 4.79 Å². The van der Waals surface area contributed by atoms with Crippen LogP contribution in [0.4, 0.5) is 0 Å². The van der Waals surface area contributed by atoms with Gasteiger partial charge in [-0.2, -0.15) is 4.98 Å². The number of hydrogen-bond donors (Lipinski definition) is 0. The summed E-state index contributed by atoms with van der Waals surface area (Å²) in [6.45, 7) is 4.66. The maximum Gasteiger partial charge on any atom is 0.252 e. The monoisotopic (exact) mass is 342 g/mol. The lowest BCUT2D eigenvalue weighted by atomic mass is 10.1. The van der Waals surface area contributed by atoms with E-state index in [0.29, 0.717) is 24.9 Å². The molecular formula is C16H18N6O3. The number of morpholine rings is 1. The average Bonchev–Trinajstić information content (AvgIpc) is 3.21. The van der Waals surface area contributed by atoms with Crippen molar-refractivity contribution in [2.24, 2.45) is 0 Å². The third-order valence-corrected chi connectivity index (χ3v) is 4.32. The molecule has 9 nitrogen and oxygen atoms in total. The van der Waals surface area contributed by atoms with Crippen LogP contribution in [0.5, 0.6) is 0 Å². The molecular weight excluding hydrogens is 324 g/mol. The van der Waals surface area contributed by atoms with Crippen LogP contribution in [0, 0.1) is 6.92 Å². The second-order valence-corrected chi connectivity index (χ2v) is 6.02.